The summed E-state index contributed by atoms with van der Waals surface area (Å²) in [7, 11) is 0. The number of nitrogens with zero attached hydrogens (tertiary/aromatic N) is 1. The molecule has 3 aromatic rings. The monoisotopic (exact) mass is 479 g/mol. The number of rotatable bonds is 5. The second kappa shape index (κ2) is 9.57. The van der Waals surface area contributed by atoms with Gasteiger partial charge in [0.25, 0.3) is 0 Å². The van der Waals surface area contributed by atoms with Gasteiger partial charge >= 0.3 is 6.09 Å². The summed E-state index contributed by atoms with van der Waals surface area (Å²) < 4.78 is 6.02. The second-order valence-electron chi connectivity index (χ2n) is 10.5. The number of ketones is 1. The largest absolute Gasteiger partial charge is 0.448 e. The van der Waals surface area contributed by atoms with Gasteiger partial charge in [-0.15, -0.1) is 0 Å². The van der Waals surface area contributed by atoms with Crippen molar-refractivity contribution < 1.29 is 14.3 Å². The Labute approximate surface area is 213 Å². The van der Waals surface area contributed by atoms with E-state index in [0.29, 0.717) is 6.61 Å². The average Bonchev–Trinajstić information content (AvgIpc) is 3.24. The Morgan fingerprint density at radius 3 is 2.00 bits per heavy atom. The minimum atomic E-state index is -0.218. The second-order valence-corrected chi connectivity index (χ2v) is 10.5. The zero-order valence-electron chi connectivity index (χ0n) is 20.9. The third-order valence-electron chi connectivity index (χ3n) is 8.54. The van der Waals surface area contributed by atoms with Crippen LogP contribution < -0.4 is 0 Å². The maximum absolute atomic E-state index is 13.4. The van der Waals surface area contributed by atoms with Crippen LogP contribution in [-0.4, -0.2) is 35.5 Å². The Morgan fingerprint density at radius 1 is 0.833 bits per heavy atom. The molecule has 2 bridgehead atoms. The standard InChI is InChI=1S/C32H33NO3/c1-2-21-14-16-22(17-15-21)31(34)23-18-24-8-7-9-25(19-23)33(24)32(35)36-20-30-28-12-5-3-10-26(28)27-11-4-6-13-29(27)30/h3-6,10-17,23-25,30H,2,7-9,18-20H2,1H3. The number of carbonyl (C=O) groups is 2. The number of piperidine rings is 2. The molecule has 2 aliphatic heterocycles. The van der Waals surface area contributed by atoms with Crippen molar-refractivity contribution in [2.75, 3.05) is 6.61 Å². The van der Waals surface area contributed by atoms with Crippen LogP contribution in [0.4, 0.5) is 4.79 Å². The van der Waals surface area contributed by atoms with E-state index in [-0.39, 0.29) is 35.8 Å². The van der Waals surface area contributed by atoms with Crippen molar-refractivity contribution in [2.45, 2.75) is 63.5 Å². The third kappa shape index (κ3) is 4.03. The molecule has 2 atom stereocenters. The minimum absolute atomic E-state index is 0.0228. The molecular weight excluding hydrogens is 446 g/mol. The summed E-state index contributed by atoms with van der Waals surface area (Å²) in [5, 5.41) is 0. The molecule has 1 aliphatic carbocycles. The van der Waals surface area contributed by atoms with E-state index >= 15 is 0 Å². The molecule has 6 rings (SSSR count). The smallest absolute Gasteiger partial charge is 0.410 e. The van der Waals surface area contributed by atoms with Crippen molar-refractivity contribution in [3.63, 3.8) is 0 Å². The zero-order chi connectivity index (χ0) is 24.6. The summed E-state index contributed by atoms with van der Waals surface area (Å²) in [6, 6.07) is 25.0. The molecule has 0 radical (unpaired) electrons. The van der Waals surface area contributed by atoms with Crippen LogP contribution in [0, 0.1) is 5.92 Å². The van der Waals surface area contributed by atoms with Gasteiger partial charge < -0.3 is 9.64 Å². The third-order valence-corrected chi connectivity index (χ3v) is 8.54. The fourth-order valence-corrected chi connectivity index (χ4v) is 6.70. The molecule has 2 unspecified atom stereocenters. The van der Waals surface area contributed by atoms with Crippen LogP contribution in [0.1, 0.15) is 72.0 Å². The van der Waals surface area contributed by atoms with Crippen molar-refractivity contribution in [2.24, 2.45) is 5.92 Å². The van der Waals surface area contributed by atoms with E-state index in [4.69, 9.17) is 4.74 Å². The molecular formula is C32H33NO3. The number of hydrogen-bond acceptors (Lipinski definition) is 3. The Balaban J connectivity index is 1.15. The number of hydrogen-bond donors (Lipinski definition) is 0. The van der Waals surface area contributed by atoms with Crippen molar-refractivity contribution >= 4 is 11.9 Å². The van der Waals surface area contributed by atoms with E-state index in [2.05, 4.69) is 67.6 Å². The predicted octanol–water partition coefficient (Wildman–Crippen LogP) is 7.01. The highest BCUT2D eigenvalue weighted by Gasteiger charge is 2.44. The number of ether oxygens (including phenoxy) is 1. The van der Waals surface area contributed by atoms with Gasteiger partial charge in [-0.25, -0.2) is 4.79 Å². The van der Waals surface area contributed by atoms with Crippen LogP contribution in [0.3, 0.4) is 0 Å². The Morgan fingerprint density at radius 2 is 1.42 bits per heavy atom. The first-order valence-corrected chi connectivity index (χ1v) is 13.4. The van der Waals surface area contributed by atoms with E-state index in [9.17, 15) is 9.59 Å². The molecule has 0 spiro atoms. The van der Waals surface area contributed by atoms with Crippen LogP contribution in [0.2, 0.25) is 0 Å². The number of carbonyl (C=O) groups excluding carboxylic acids is 2. The minimum Gasteiger partial charge on any atom is -0.448 e. The maximum Gasteiger partial charge on any atom is 0.410 e. The Kier molecular flexibility index (Phi) is 6.12. The van der Waals surface area contributed by atoms with Crippen molar-refractivity contribution in [1.82, 2.24) is 4.90 Å². The molecule has 0 aromatic heterocycles. The topological polar surface area (TPSA) is 46.6 Å². The van der Waals surface area contributed by atoms with E-state index in [1.165, 1.54) is 27.8 Å². The van der Waals surface area contributed by atoms with Gasteiger partial charge in [-0.1, -0.05) is 79.7 Å². The lowest BCUT2D eigenvalue weighted by Crippen LogP contribution is -2.55. The molecule has 0 saturated carbocycles. The van der Waals surface area contributed by atoms with Gasteiger partial charge in [0, 0.05) is 29.5 Å². The molecule has 2 saturated heterocycles. The van der Waals surface area contributed by atoms with Gasteiger partial charge in [-0.2, -0.15) is 0 Å². The van der Waals surface area contributed by atoms with Crippen LogP contribution in [-0.2, 0) is 11.2 Å². The van der Waals surface area contributed by atoms with E-state index in [1.807, 2.05) is 17.0 Å². The van der Waals surface area contributed by atoms with Crippen molar-refractivity contribution in [1.29, 1.82) is 0 Å². The van der Waals surface area contributed by atoms with E-state index in [1.54, 1.807) is 0 Å². The van der Waals surface area contributed by atoms with Crippen molar-refractivity contribution in [3.05, 3.63) is 95.1 Å². The Hall–Kier alpha value is -3.40. The summed E-state index contributed by atoms with van der Waals surface area (Å²) in [5.41, 5.74) is 6.96. The molecule has 4 heteroatoms. The molecule has 0 N–H and O–H groups in total. The lowest BCUT2D eigenvalue weighted by atomic mass is 9.76. The Bertz CT molecular complexity index is 1220. The summed E-state index contributed by atoms with van der Waals surface area (Å²) in [5.74, 6) is 0.263. The highest BCUT2D eigenvalue weighted by molar-refractivity contribution is 5.98. The lowest BCUT2D eigenvalue weighted by molar-refractivity contribution is 0.00651. The summed E-state index contributed by atoms with van der Waals surface area (Å²) in [6.07, 6.45) is 5.21. The van der Waals surface area contributed by atoms with Gasteiger partial charge in [0.1, 0.15) is 6.61 Å². The van der Waals surface area contributed by atoms with Gasteiger partial charge in [0.15, 0.2) is 5.78 Å². The highest BCUT2D eigenvalue weighted by atomic mass is 16.6. The molecule has 184 valence electrons. The predicted molar refractivity (Wildman–Crippen MR) is 141 cm³/mol. The summed E-state index contributed by atoms with van der Waals surface area (Å²) in [6.45, 7) is 2.46. The first kappa shape index (κ1) is 23.0. The molecule has 1 amide bonds. The summed E-state index contributed by atoms with van der Waals surface area (Å²) >= 11 is 0. The van der Waals surface area contributed by atoms with Crippen LogP contribution in [0.5, 0.6) is 0 Å². The number of aryl methyl sites for hydroxylation is 1. The quantitative estimate of drug-likeness (QED) is 0.370. The molecule has 4 nitrogen and oxygen atoms in total. The van der Waals surface area contributed by atoms with Gasteiger partial charge in [-0.3, -0.25) is 4.79 Å². The number of Topliss-reactive ketones (excluding diaryl/α,β-unsaturated/α-hetero) is 1. The van der Waals surface area contributed by atoms with Gasteiger partial charge in [0.2, 0.25) is 0 Å². The molecule has 3 aliphatic rings. The van der Waals surface area contributed by atoms with E-state index < -0.39 is 0 Å². The normalized spacial score (nSPS) is 22.6. The van der Waals surface area contributed by atoms with Gasteiger partial charge in [-0.05, 0) is 66.3 Å². The van der Waals surface area contributed by atoms with E-state index in [0.717, 1.165) is 44.1 Å². The van der Waals surface area contributed by atoms with Crippen molar-refractivity contribution in [3.8, 4) is 11.1 Å². The molecule has 2 fully saturated rings. The SMILES string of the molecule is CCc1ccc(C(=O)C2CC3CCCC(C2)N3C(=O)OCC2c3ccccc3-c3ccccc32)cc1. The highest BCUT2D eigenvalue weighted by Crippen LogP contribution is 2.45. The number of benzene rings is 3. The number of amides is 1. The van der Waals surface area contributed by atoms with Crippen LogP contribution in [0.25, 0.3) is 11.1 Å². The van der Waals surface area contributed by atoms with Crippen LogP contribution >= 0.6 is 0 Å². The number of fused-ring (bicyclic) bond motifs is 5. The average molecular weight is 480 g/mol. The van der Waals surface area contributed by atoms with Crippen LogP contribution in [0.15, 0.2) is 72.8 Å². The molecule has 3 aromatic carbocycles. The van der Waals surface area contributed by atoms with Gasteiger partial charge in [0.05, 0.1) is 0 Å². The first-order chi connectivity index (χ1) is 17.6. The lowest BCUT2D eigenvalue weighted by Gasteiger charge is -2.47. The summed E-state index contributed by atoms with van der Waals surface area (Å²) in [4.78, 5) is 28.7. The molecule has 2 heterocycles. The maximum atomic E-state index is 13.4. The fourth-order valence-electron chi connectivity index (χ4n) is 6.70. The first-order valence-electron chi connectivity index (χ1n) is 13.4. The molecule has 36 heavy (non-hydrogen) atoms. The zero-order valence-corrected chi connectivity index (χ0v) is 20.9. The fraction of sp³-hybridized carbons (Fsp3) is 0.375.